The average Bonchev–Trinajstić information content (AvgIpc) is 2.55. The number of hydrogen-bond acceptors (Lipinski definition) is 4. The van der Waals surface area contributed by atoms with Gasteiger partial charge in [0, 0.05) is 19.2 Å². The fourth-order valence-corrected chi connectivity index (χ4v) is 3.79. The number of aryl methyl sites for hydroxylation is 1. The number of likely N-dealkylation sites (tertiary alicyclic amines) is 1. The lowest BCUT2D eigenvalue weighted by Crippen LogP contribution is -2.47. The van der Waals surface area contributed by atoms with Crippen LogP contribution in [0.25, 0.3) is 0 Å². The normalized spacial score (nSPS) is 19.6. The first-order chi connectivity index (χ1) is 11.0. The lowest BCUT2D eigenvalue weighted by molar-refractivity contribution is -0.385. The van der Waals surface area contributed by atoms with Crippen LogP contribution in [0.2, 0.25) is 0 Å². The third kappa shape index (κ3) is 3.70. The number of amides is 1. The van der Waals surface area contributed by atoms with E-state index < -0.39 is 4.92 Å². The zero-order valence-corrected chi connectivity index (χ0v) is 14.7. The maximum atomic E-state index is 12.8. The molecule has 2 fully saturated rings. The molecule has 132 valence electrons. The molecule has 0 aromatic heterocycles. The van der Waals surface area contributed by atoms with Crippen LogP contribution in [0.15, 0.2) is 18.2 Å². The molecule has 3 rings (SSSR count). The van der Waals surface area contributed by atoms with Gasteiger partial charge in [-0.05, 0) is 62.7 Å². The second-order valence-electron chi connectivity index (χ2n) is 6.82. The fourth-order valence-electron chi connectivity index (χ4n) is 3.79. The van der Waals surface area contributed by atoms with Crippen LogP contribution >= 0.6 is 12.4 Å². The summed E-state index contributed by atoms with van der Waals surface area (Å²) < 4.78 is 0. The standard InChI is InChI=1S/C17H23N3O3.ClH/c1-13-2-3-15(20(22)23)14(12-13)16(21)19-10-6-17(7-11-19)4-8-18-9-5-17;/h2-3,12,18H,4-11H2,1H3;1H. The molecule has 2 aliphatic rings. The number of benzene rings is 1. The molecule has 0 aliphatic carbocycles. The van der Waals surface area contributed by atoms with Crippen molar-refractivity contribution in [3.8, 4) is 0 Å². The summed E-state index contributed by atoms with van der Waals surface area (Å²) in [4.78, 5) is 25.3. The van der Waals surface area contributed by atoms with E-state index in [2.05, 4.69) is 5.32 Å². The van der Waals surface area contributed by atoms with Gasteiger partial charge in [-0.2, -0.15) is 0 Å². The Morgan fingerprint density at radius 1 is 1.21 bits per heavy atom. The van der Waals surface area contributed by atoms with Crippen LogP contribution in [0.5, 0.6) is 0 Å². The number of rotatable bonds is 2. The zero-order valence-electron chi connectivity index (χ0n) is 13.9. The molecule has 1 aromatic rings. The summed E-state index contributed by atoms with van der Waals surface area (Å²) >= 11 is 0. The number of piperidine rings is 2. The Balaban J connectivity index is 0.00000208. The molecule has 1 N–H and O–H groups in total. The van der Waals surface area contributed by atoms with E-state index in [-0.39, 0.29) is 29.6 Å². The largest absolute Gasteiger partial charge is 0.338 e. The van der Waals surface area contributed by atoms with Crippen LogP contribution in [0, 0.1) is 22.5 Å². The third-order valence-corrected chi connectivity index (χ3v) is 5.35. The smallest absolute Gasteiger partial charge is 0.282 e. The molecule has 1 amide bonds. The van der Waals surface area contributed by atoms with E-state index in [1.54, 1.807) is 17.0 Å². The van der Waals surface area contributed by atoms with Crippen molar-refractivity contribution in [3.05, 3.63) is 39.4 Å². The molecule has 1 aromatic carbocycles. The Morgan fingerprint density at radius 3 is 2.42 bits per heavy atom. The van der Waals surface area contributed by atoms with E-state index in [1.807, 2.05) is 6.92 Å². The third-order valence-electron chi connectivity index (χ3n) is 5.35. The Kier molecular flexibility index (Phi) is 5.83. The molecule has 7 heteroatoms. The van der Waals surface area contributed by atoms with Gasteiger partial charge in [-0.3, -0.25) is 14.9 Å². The first kappa shape index (κ1) is 18.7. The summed E-state index contributed by atoms with van der Waals surface area (Å²) in [5, 5.41) is 14.6. The highest BCUT2D eigenvalue weighted by Crippen LogP contribution is 2.40. The first-order valence-corrected chi connectivity index (χ1v) is 8.26. The van der Waals surface area contributed by atoms with Crippen molar-refractivity contribution < 1.29 is 9.72 Å². The summed E-state index contributed by atoms with van der Waals surface area (Å²) in [6, 6.07) is 4.74. The van der Waals surface area contributed by atoms with E-state index in [4.69, 9.17) is 0 Å². The summed E-state index contributed by atoms with van der Waals surface area (Å²) in [5.41, 5.74) is 1.35. The van der Waals surface area contributed by atoms with Gasteiger partial charge in [-0.15, -0.1) is 12.4 Å². The van der Waals surface area contributed by atoms with Gasteiger partial charge >= 0.3 is 0 Å². The van der Waals surface area contributed by atoms with E-state index in [0.29, 0.717) is 18.5 Å². The van der Waals surface area contributed by atoms with Gasteiger partial charge in [-0.1, -0.05) is 6.07 Å². The van der Waals surface area contributed by atoms with Crippen molar-refractivity contribution in [3.63, 3.8) is 0 Å². The minimum Gasteiger partial charge on any atom is -0.338 e. The predicted molar refractivity (Wildman–Crippen MR) is 94.8 cm³/mol. The van der Waals surface area contributed by atoms with E-state index >= 15 is 0 Å². The number of carbonyl (C=O) groups is 1. The number of hydrogen-bond donors (Lipinski definition) is 1. The fraction of sp³-hybridized carbons (Fsp3) is 0.588. The maximum Gasteiger partial charge on any atom is 0.282 e. The molecule has 0 bridgehead atoms. The molecule has 2 aliphatic heterocycles. The Labute approximate surface area is 148 Å². The van der Waals surface area contributed by atoms with Crippen LogP contribution in [-0.4, -0.2) is 41.9 Å². The second-order valence-corrected chi connectivity index (χ2v) is 6.82. The van der Waals surface area contributed by atoms with Crippen LogP contribution < -0.4 is 5.32 Å². The van der Waals surface area contributed by atoms with Gasteiger partial charge in [-0.25, -0.2) is 0 Å². The molecule has 0 radical (unpaired) electrons. The van der Waals surface area contributed by atoms with Gasteiger partial charge in [0.25, 0.3) is 11.6 Å². The van der Waals surface area contributed by atoms with Gasteiger partial charge in [0.05, 0.1) is 4.92 Å². The summed E-state index contributed by atoms with van der Waals surface area (Å²) in [7, 11) is 0. The van der Waals surface area contributed by atoms with Crippen LogP contribution in [0.3, 0.4) is 0 Å². The van der Waals surface area contributed by atoms with Crippen LogP contribution in [0.1, 0.15) is 41.6 Å². The zero-order chi connectivity index (χ0) is 16.4. The molecule has 2 saturated heterocycles. The lowest BCUT2D eigenvalue weighted by atomic mass is 9.71. The highest BCUT2D eigenvalue weighted by atomic mass is 35.5. The van der Waals surface area contributed by atoms with E-state index in [0.717, 1.165) is 31.5 Å². The number of nitro groups is 1. The molecule has 24 heavy (non-hydrogen) atoms. The number of carbonyl (C=O) groups excluding carboxylic acids is 1. The maximum absolute atomic E-state index is 12.8. The van der Waals surface area contributed by atoms with Crippen LogP contribution in [-0.2, 0) is 0 Å². The summed E-state index contributed by atoms with van der Waals surface area (Å²) in [5.74, 6) is -0.204. The quantitative estimate of drug-likeness (QED) is 0.655. The van der Waals surface area contributed by atoms with Gasteiger partial charge in [0.1, 0.15) is 5.56 Å². The number of halogens is 1. The molecule has 2 heterocycles. The minimum absolute atomic E-state index is 0. The van der Waals surface area contributed by atoms with Gasteiger partial charge < -0.3 is 10.2 Å². The topological polar surface area (TPSA) is 75.5 Å². The average molecular weight is 354 g/mol. The Morgan fingerprint density at radius 2 is 1.83 bits per heavy atom. The van der Waals surface area contributed by atoms with Crippen molar-refractivity contribution >= 4 is 24.0 Å². The van der Waals surface area contributed by atoms with E-state index in [9.17, 15) is 14.9 Å². The highest BCUT2D eigenvalue weighted by molar-refractivity contribution is 5.98. The Bertz CT molecular complexity index is 620. The number of nitrogens with zero attached hydrogens (tertiary/aromatic N) is 2. The minimum atomic E-state index is -0.467. The summed E-state index contributed by atoms with van der Waals surface area (Å²) in [6.07, 6.45) is 4.33. The van der Waals surface area contributed by atoms with Gasteiger partial charge in [0.15, 0.2) is 0 Å². The highest BCUT2D eigenvalue weighted by Gasteiger charge is 2.37. The van der Waals surface area contributed by atoms with Crippen molar-refractivity contribution in [2.24, 2.45) is 5.41 Å². The molecule has 0 atom stereocenters. The van der Waals surface area contributed by atoms with Gasteiger partial charge in [0.2, 0.25) is 0 Å². The summed E-state index contributed by atoms with van der Waals surface area (Å²) in [6.45, 7) is 5.35. The molecule has 6 nitrogen and oxygen atoms in total. The first-order valence-electron chi connectivity index (χ1n) is 8.26. The SMILES string of the molecule is Cc1ccc([N+](=O)[O-])c(C(=O)N2CCC3(CCNCC3)CC2)c1.Cl. The number of nitrogens with one attached hydrogen (secondary N) is 1. The van der Waals surface area contributed by atoms with Crippen LogP contribution in [0.4, 0.5) is 5.69 Å². The predicted octanol–water partition coefficient (Wildman–Crippen LogP) is 2.93. The van der Waals surface area contributed by atoms with E-state index in [1.165, 1.54) is 18.9 Å². The molecular weight excluding hydrogens is 330 g/mol. The lowest BCUT2D eigenvalue weighted by Gasteiger charge is -2.44. The number of nitro benzene ring substituents is 1. The van der Waals surface area contributed by atoms with Crippen molar-refractivity contribution in [1.82, 2.24) is 10.2 Å². The van der Waals surface area contributed by atoms with Crippen molar-refractivity contribution in [1.29, 1.82) is 0 Å². The Hall–Kier alpha value is -1.66. The molecule has 0 unspecified atom stereocenters. The second kappa shape index (κ2) is 7.49. The molecule has 1 spiro atoms. The van der Waals surface area contributed by atoms with Crippen molar-refractivity contribution in [2.75, 3.05) is 26.2 Å². The molecular formula is C17H24ClN3O3. The molecule has 0 saturated carbocycles. The van der Waals surface area contributed by atoms with Crippen molar-refractivity contribution in [2.45, 2.75) is 32.6 Å². The monoisotopic (exact) mass is 353 g/mol.